The third kappa shape index (κ3) is 6.23. The second-order valence-corrected chi connectivity index (χ2v) is 8.69. The van der Waals surface area contributed by atoms with Gasteiger partial charge in [0.15, 0.2) is 0 Å². The van der Waals surface area contributed by atoms with Crippen molar-refractivity contribution in [2.75, 3.05) is 5.32 Å². The Morgan fingerprint density at radius 3 is 1.77 bits per heavy atom. The molecule has 0 spiro atoms. The van der Waals surface area contributed by atoms with Gasteiger partial charge in [0.05, 0.1) is 17.4 Å². The Morgan fingerprint density at radius 2 is 1.26 bits per heavy atom. The van der Waals surface area contributed by atoms with Crippen LogP contribution in [-0.2, 0) is 22.7 Å². The molecule has 0 heterocycles. The molecule has 0 bridgehead atoms. The summed E-state index contributed by atoms with van der Waals surface area (Å²) in [5, 5.41) is 11.9. The van der Waals surface area contributed by atoms with Gasteiger partial charge in [0.25, 0.3) is 0 Å². The third-order valence-electron chi connectivity index (χ3n) is 6.23. The number of amides is 2. The molecule has 0 saturated carbocycles. The van der Waals surface area contributed by atoms with E-state index in [0.29, 0.717) is 31.6 Å². The van der Waals surface area contributed by atoms with Crippen molar-refractivity contribution in [2.24, 2.45) is 11.8 Å². The van der Waals surface area contributed by atoms with Crippen molar-refractivity contribution in [3.05, 3.63) is 114 Å². The first kappa shape index (κ1) is 24.0. The van der Waals surface area contributed by atoms with E-state index in [4.69, 9.17) is 5.11 Å². The SMILES string of the molecule is O=C(O)c1ccc(NC(=O)C2CC=CCC2C(=O)N(Cc2ccccc2)Cc2ccccc2)cc1. The average Bonchev–Trinajstić information content (AvgIpc) is 2.89. The van der Waals surface area contributed by atoms with Gasteiger partial charge in [-0.2, -0.15) is 0 Å². The van der Waals surface area contributed by atoms with Gasteiger partial charge < -0.3 is 15.3 Å². The number of carbonyl (C=O) groups is 3. The van der Waals surface area contributed by atoms with Crippen LogP contribution in [0.15, 0.2) is 97.1 Å². The molecular formula is C29H28N2O4. The second kappa shape index (κ2) is 11.3. The summed E-state index contributed by atoms with van der Waals surface area (Å²) in [6, 6.07) is 25.7. The monoisotopic (exact) mass is 468 g/mol. The third-order valence-corrected chi connectivity index (χ3v) is 6.23. The van der Waals surface area contributed by atoms with Crippen molar-refractivity contribution >= 4 is 23.5 Å². The standard InChI is InChI=1S/C29H28N2O4/c32-27(30-24-17-15-23(16-18-24)29(34)35)25-13-7-8-14-26(25)28(33)31(19-21-9-3-1-4-10-21)20-22-11-5-2-6-12-22/h1-12,15-18,25-26H,13-14,19-20H2,(H,30,32)(H,34,35). The van der Waals surface area contributed by atoms with Crippen LogP contribution < -0.4 is 5.32 Å². The maximum absolute atomic E-state index is 13.8. The first-order chi connectivity index (χ1) is 17.0. The molecule has 0 saturated heterocycles. The Kier molecular flexibility index (Phi) is 7.73. The van der Waals surface area contributed by atoms with E-state index in [1.54, 1.807) is 12.1 Å². The molecule has 2 atom stereocenters. The van der Waals surface area contributed by atoms with E-state index < -0.39 is 17.8 Å². The van der Waals surface area contributed by atoms with Gasteiger partial charge in [-0.15, -0.1) is 0 Å². The molecule has 3 aromatic carbocycles. The summed E-state index contributed by atoms with van der Waals surface area (Å²) < 4.78 is 0. The number of nitrogens with zero attached hydrogens (tertiary/aromatic N) is 1. The lowest BCUT2D eigenvalue weighted by Crippen LogP contribution is -2.42. The van der Waals surface area contributed by atoms with Gasteiger partial charge in [-0.3, -0.25) is 9.59 Å². The maximum Gasteiger partial charge on any atom is 0.335 e. The number of rotatable bonds is 8. The first-order valence-corrected chi connectivity index (χ1v) is 11.7. The van der Waals surface area contributed by atoms with Crippen LogP contribution >= 0.6 is 0 Å². The van der Waals surface area contributed by atoms with Gasteiger partial charge in [-0.05, 0) is 48.2 Å². The zero-order chi connectivity index (χ0) is 24.6. The first-order valence-electron chi connectivity index (χ1n) is 11.7. The van der Waals surface area contributed by atoms with Crippen LogP contribution in [0.1, 0.15) is 34.3 Å². The van der Waals surface area contributed by atoms with E-state index in [0.717, 1.165) is 11.1 Å². The molecule has 0 aromatic heterocycles. The number of anilines is 1. The van der Waals surface area contributed by atoms with Gasteiger partial charge in [-0.1, -0.05) is 72.8 Å². The molecule has 4 rings (SSSR count). The molecule has 6 heteroatoms. The summed E-state index contributed by atoms with van der Waals surface area (Å²) in [5.41, 5.74) is 2.71. The van der Waals surface area contributed by atoms with Crippen LogP contribution in [0.4, 0.5) is 5.69 Å². The summed E-state index contributed by atoms with van der Waals surface area (Å²) in [4.78, 5) is 40.0. The Balaban J connectivity index is 1.53. The number of benzene rings is 3. The highest BCUT2D eigenvalue weighted by Crippen LogP contribution is 2.30. The Bertz CT molecular complexity index is 1150. The number of hydrogen-bond donors (Lipinski definition) is 2. The van der Waals surface area contributed by atoms with E-state index in [1.807, 2.05) is 77.7 Å². The summed E-state index contributed by atoms with van der Waals surface area (Å²) >= 11 is 0. The summed E-state index contributed by atoms with van der Waals surface area (Å²) in [6.07, 6.45) is 4.88. The normalized spacial score (nSPS) is 16.9. The molecule has 0 aliphatic heterocycles. The molecular weight excluding hydrogens is 440 g/mol. The number of aromatic carboxylic acids is 1. The molecule has 2 N–H and O–H groups in total. The predicted octanol–water partition coefficient (Wildman–Crippen LogP) is 5.13. The minimum absolute atomic E-state index is 0.0524. The highest BCUT2D eigenvalue weighted by Gasteiger charge is 2.36. The fourth-order valence-electron chi connectivity index (χ4n) is 4.36. The van der Waals surface area contributed by atoms with Crippen LogP contribution in [0.25, 0.3) is 0 Å². The van der Waals surface area contributed by atoms with Gasteiger partial charge >= 0.3 is 5.97 Å². The number of allylic oxidation sites excluding steroid dienone is 2. The lowest BCUT2D eigenvalue weighted by Gasteiger charge is -2.32. The lowest BCUT2D eigenvalue weighted by atomic mass is 9.81. The summed E-state index contributed by atoms with van der Waals surface area (Å²) in [6.45, 7) is 0.916. The van der Waals surface area contributed by atoms with Gasteiger partial charge in [-0.25, -0.2) is 4.79 Å². The molecule has 2 amide bonds. The number of carboxylic acid groups (broad SMARTS) is 1. The molecule has 3 aromatic rings. The zero-order valence-electron chi connectivity index (χ0n) is 19.3. The van der Waals surface area contributed by atoms with Crippen molar-refractivity contribution < 1.29 is 19.5 Å². The van der Waals surface area contributed by atoms with E-state index >= 15 is 0 Å². The van der Waals surface area contributed by atoms with Crippen molar-refractivity contribution in [2.45, 2.75) is 25.9 Å². The minimum Gasteiger partial charge on any atom is -0.478 e. The molecule has 1 aliphatic carbocycles. The molecule has 6 nitrogen and oxygen atoms in total. The fraction of sp³-hybridized carbons (Fsp3) is 0.207. The Labute approximate surface area is 204 Å². The van der Waals surface area contributed by atoms with Crippen LogP contribution in [0.3, 0.4) is 0 Å². The number of carbonyl (C=O) groups excluding carboxylic acids is 2. The summed E-state index contributed by atoms with van der Waals surface area (Å²) in [7, 11) is 0. The second-order valence-electron chi connectivity index (χ2n) is 8.69. The van der Waals surface area contributed by atoms with Crippen LogP contribution in [0, 0.1) is 11.8 Å². The maximum atomic E-state index is 13.8. The van der Waals surface area contributed by atoms with E-state index in [9.17, 15) is 14.4 Å². The van der Waals surface area contributed by atoms with Gasteiger partial charge in [0.2, 0.25) is 11.8 Å². The van der Waals surface area contributed by atoms with Gasteiger partial charge in [0.1, 0.15) is 0 Å². The van der Waals surface area contributed by atoms with Crippen molar-refractivity contribution in [3.8, 4) is 0 Å². The number of carboxylic acids is 1. The smallest absolute Gasteiger partial charge is 0.335 e. The van der Waals surface area contributed by atoms with Crippen LogP contribution in [-0.4, -0.2) is 27.8 Å². The number of hydrogen-bond acceptors (Lipinski definition) is 3. The largest absolute Gasteiger partial charge is 0.478 e. The highest BCUT2D eigenvalue weighted by atomic mass is 16.4. The predicted molar refractivity (Wildman–Crippen MR) is 135 cm³/mol. The Hall–Kier alpha value is -4.19. The van der Waals surface area contributed by atoms with E-state index in [1.165, 1.54) is 12.1 Å². The molecule has 0 radical (unpaired) electrons. The zero-order valence-corrected chi connectivity index (χ0v) is 19.3. The molecule has 2 unspecified atom stereocenters. The van der Waals surface area contributed by atoms with Crippen LogP contribution in [0.2, 0.25) is 0 Å². The van der Waals surface area contributed by atoms with Crippen molar-refractivity contribution in [3.63, 3.8) is 0 Å². The van der Waals surface area contributed by atoms with E-state index in [-0.39, 0.29) is 17.4 Å². The molecule has 178 valence electrons. The quantitative estimate of drug-likeness (QED) is 0.449. The van der Waals surface area contributed by atoms with Gasteiger partial charge in [0, 0.05) is 18.8 Å². The summed E-state index contributed by atoms with van der Waals surface area (Å²) in [5.74, 6) is -2.31. The molecule has 35 heavy (non-hydrogen) atoms. The van der Waals surface area contributed by atoms with Crippen molar-refractivity contribution in [1.29, 1.82) is 0 Å². The van der Waals surface area contributed by atoms with Crippen LogP contribution in [0.5, 0.6) is 0 Å². The number of nitrogens with one attached hydrogen (secondary N) is 1. The topological polar surface area (TPSA) is 86.7 Å². The van der Waals surface area contributed by atoms with Crippen molar-refractivity contribution in [1.82, 2.24) is 4.90 Å². The molecule has 0 fully saturated rings. The highest BCUT2D eigenvalue weighted by molar-refractivity contribution is 5.97. The Morgan fingerprint density at radius 1 is 0.743 bits per heavy atom. The lowest BCUT2D eigenvalue weighted by molar-refractivity contribution is -0.142. The average molecular weight is 469 g/mol. The van der Waals surface area contributed by atoms with E-state index in [2.05, 4.69) is 5.32 Å². The fourth-order valence-corrected chi connectivity index (χ4v) is 4.36. The minimum atomic E-state index is -1.03. The molecule has 1 aliphatic rings.